The van der Waals surface area contributed by atoms with E-state index in [0.29, 0.717) is 11.3 Å². The number of carbonyl (C=O) groups excluding carboxylic acids is 1. The van der Waals surface area contributed by atoms with Gasteiger partial charge in [0.15, 0.2) is 11.9 Å². The Hall–Kier alpha value is -2.89. The van der Waals surface area contributed by atoms with E-state index in [1.54, 1.807) is 48.4 Å². The third kappa shape index (κ3) is 4.05. The van der Waals surface area contributed by atoms with Crippen LogP contribution in [0.5, 0.6) is 5.75 Å². The van der Waals surface area contributed by atoms with E-state index in [-0.39, 0.29) is 5.78 Å². The van der Waals surface area contributed by atoms with Crippen LogP contribution in [-0.2, 0) is 11.8 Å². The first-order valence-electron chi connectivity index (χ1n) is 6.66. The maximum Gasteiger partial charge on any atom is 0.344 e. The molecule has 0 bridgehead atoms. The normalized spacial score (nSPS) is 12.3. The van der Waals surface area contributed by atoms with Gasteiger partial charge < -0.3 is 9.84 Å². The highest BCUT2D eigenvalue weighted by Crippen LogP contribution is 2.16. The van der Waals surface area contributed by atoms with Gasteiger partial charge in [-0.15, -0.1) is 0 Å². The summed E-state index contributed by atoms with van der Waals surface area (Å²) in [4.78, 5) is 22.9. The van der Waals surface area contributed by atoms with Gasteiger partial charge >= 0.3 is 5.97 Å². The Balaban J connectivity index is 2.10. The van der Waals surface area contributed by atoms with Crippen molar-refractivity contribution in [1.82, 2.24) is 9.78 Å². The van der Waals surface area contributed by atoms with Gasteiger partial charge in [0.05, 0.1) is 6.20 Å². The summed E-state index contributed by atoms with van der Waals surface area (Å²) in [5, 5.41) is 12.8. The number of rotatable bonds is 6. The van der Waals surface area contributed by atoms with Crippen LogP contribution in [0.1, 0.15) is 22.8 Å². The number of hydrogen-bond acceptors (Lipinski definition) is 4. The van der Waals surface area contributed by atoms with Crippen LogP contribution in [0.4, 0.5) is 0 Å². The van der Waals surface area contributed by atoms with Gasteiger partial charge in [0, 0.05) is 24.4 Å². The fourth-order valence-corrected chi connectivity index (χ4v) is 1.77. The van der Waals surface area contributed by atoms with Crippen molar-refractivity contribution >= 4 is 17.8 Å². The second-order valence-electron chi connectivity index (χ2n) is 4.77. The molecule has 114 valence electrons. The quantitative estimate of drug-likeness (QED) is 0.653. The van der Waals surface area contributed by atoms with Gasteiger partial charge in [-0.05, 0) is 31.2 Å². The molecule has 1 aromatic carbocycles. The first kappa shape index (κ1) is 15.5. The number of aryl methyl sites for hydroxylation is 1. The molecular formula is C16H16N2O4. The van der Waals surface area contributed by atoms with Crippen molar-refractivity contribution in [3.05, 3.63) is 53.9 Å². The van der Waals surface area contributed by atoms with Crippen LogP contribution < -0.4 is 4.74 Å². The fraction of sp³-hybridized carbons (Fsp3) is 0.188. The molecule has 1 aromatic heterocycles. The maximum atomic E-state index is 12.1. The van der Waals surface area contributed by atoms with Crippen molar-refractivity contribution in [2.45, 2.75) is 13.0 Å². The van der Waals surface area contributed by atoms with Crippen LogP contribution in [0.25, 0.3) is 6.08 Å². The summed E-state index contributed by atoms with van der Waals surface area (Å²) in [7, 11) is 1.80. The smallest absolute Gasteiger partial charge is 0.344 e. The maximum absolute atomic E-state index is 12.1. The van der Waals surface area contributed by atoms with Gasteiger partial charge in [0.1, 0.15) is 5.75 Å². The number of aliphatic carboxylic acids is 1. The Bertz CT molecular complexity index is 718. The monoisotopic (exact) mass is 300 g/mol. The number of nitrogens with zero attached hydrogens (tertiary/aromatic N) is 2. The average molecular weight is 300 g/mol. The molecule has 0 saturated carbocycles. The number of benzene rings is 1. The summed E-state index contributed by atoms with van der Waals surface area (Å²) in [5.74, 6) is -0.916. The second-order valence-corrected chi connectivity index (χ2v) is 4.77. The molecule has 1 atom stereocenters. The third-order valence-corrected chi connectivity index (χ3v) is 2.93. The number of ether oxygens (including phenoxy) is 1. The molecule has 0 radical (unpaired) electrons. The van der Waals surface area contributed by atoms with Crippen LogP contribution in [0.15, 0.2) is 42.7 Å². The van der Waals surface area contributed by atoms with E-state index in [1.165, 1.54) is 19.1 Å². The van der Waals surface area contributed by atoms with Gasteiger partial charge in [0.25, 0.3) is 0 Å². The van der Waals surface area contributed by atoms with Crippen molar-refractivity contribution in [1.29, 1.82) is 0 Å². The van der Waals surface area contributed by atoms with Gasteiger partial charge in [-0.2, -0.15) is 5.10 Å². The SMILES string of the molecule is C[C@@H](Oc1cccc(C(=O)/C=C/c2cnn(C)c2)c1)C(=O)O. The van der Waals surface area contributed by atoms with Gasteiger partial charge in [-0.1, -0.05) is 12.1 Å². The molecule has 1 N–H and O–H groups in total. The fourth-order valence-electron chi connectivity index (χ4n) is 1.77. The number of carboxylic acids is 1. The molecule has 0 aliphatic carbocycles. The minimum Gasteiger partial charge on any atom is -0.479 e. The Morgan fingerprint density at radius 3 is 2.82 bits per heavy atom. The van der Waals surface area contributed by atoms with Crippen molar-refractivity contribution < 1.29 is 19.4 Å². The predicted molar refractivity (Wildman–Crippen MR) is 80.7 cm³/mol. The highest BCUT2D eigenvalue weighted by molar-refractivity contribution is 6.07. The lowest BCUT2D eigenvalue weighted by atomic mass is 10.1. The third-order valence-electron chi connectivity index (χ3n) is 2.93. The summed E-state index contributed by atoms with van der Waals surface area (Å²) in [6.45, 7) is 1.43. The Labute approximate surface area is 127 Å². The summed E-state index contributed by atoms with van der Waals surface area (Å²) < 4.78 is 6.89. The van der Waals surface area contributed by atoms with Crippen molar-refractivity contribution in [2.75, 3.05) is 0 Å². The first-order valence-corrected chi connectivity index (χ1v) is 6.66. The molecule has 0 spiro atoms. The van der Waals surface area contributed by atoms with Crippen LogP contribution in [0.3, 0.4) is 0 Å². The largest absolute Gasteiger partial charge is 0.479 e. The van der Waals surface area contributed by atoms with Gasteiger partial charge in [0.2, 0.25) is 0 Å². The molecule has 2 rings (SSSR count). The summed E-state index contributed by atoms with van der Waals surface area (Å²) in [5.41, 5.74) is 1.25. The molecule has 0 aliphatic rings. The Morgan fingerprint density at radius 2 is 2.18 bits per heavy atom. The Morgan fingerprint density at radius 1 is 1.41 bits per heavy atom. The number of aromatic nitrogens is 2. The molecule has 0 aliphatic heterocycles. The number of hydrogen-bond donors (Lipinski definition) is 1. The molecule has 0 amide bonds. The van der Waals surface area contributed by atoms with Crippen molar-refractivity contribution in [2.24, 2.45) is 7.05 Å². The molecule has 0 fully saturated rings. The number of carbonyl (C=O) groups is 2. The standard InChI is InChI=1S/C16H16N2O4/c1-11(16(20)21)22-14-5-3-4-13(8-14)15(19)7-6-12-9-17-18(2)10-12/h3-11H,1-2H3,(H,20,21)/b7-6+/t11-/m1/s1. The van der Waals surface area contributed by atoms with Crippen molar-refractivity contribution in [3.8, 4) is 5.75 Å². The van der Waals surface area contributed by atoms with E-state index < -0.39 is 12.1 Å². The molecule has 0 saturated heterocycles. The van der Waals surface area contributed by atoms with Crippen LogP contribution in [-0.4, -0.2) is 32.7 Å². The zero-order valence-electron chi connectivity index (χ0n) is 12.3. The minimum atomic E-state index is -1.06. The van der Waals surface area contributed by atoms with Crippen molar-refractivity contribution in [3.63, 3.8) is 0 Å². The number of carboxylic acid groups (broad SMARTS) is 1. The first-order chi connectivity index (χ1) is 10.5. The van der Waals surface area contributed by atoms with Gasteiger partial charge in [-0.3, -0.25) is 9.48 Å². The topological polar surface area (TPSA) is 81.4 Å². The van der Waals surface area contributed by atoms with Crippen LogP contribution in [0.2, 0.25) is 0 Å². The Kier molecular flexibility index (Phi) is 4.73. The predicted octanol–water partition coefficient (Wildman–Crippen LogP) is 2.17. The van der Waals surface area contributed by atoms with Crippen LogP contribution >= 0.6 is 0 Å². The highest BCUT2D eigenvalue weighted by atomic mass is 16.5. The zero-order valence-corrected chi connectivity index (χ0v) is 12.3. The average Bonchev–Trinajstić information content (AvgIpc) is 2.90. The molecule has 6 nitrogen and oxygen atoms in total. The van der Waals surface area contributed by atoms with E-state index in [9.17, 15) is 9.59 Å². The molecule has 2 aromatic rings. The summed E-state index contributed by atoms with van der Waals surface area (Å²) in [6, 6.07) is 6.43. The highest BCUT2D eigenvalue weighted by Gasteiger charge is 2.13. The minimum absolute atomic E-state index is 0.197. The number of allylic oxidation sites excluding steroid dienone is 1. The van der Waals surface area contributed by atoms with E-state index in [4.69, 9.17) is 9.84 Å². The number of ketones is 1. The summed E-state index contributed by atoms with van der Waals surface area (Å²) in [6.07, 6.45) is 5.58. The van der Waals surface area contributed by atoms with E-state index in [0.717, 1.165) is 5.56 Å². The molecule has 6 heteroatoms. The molecule has 0 unspecified atom stereocenters. The van der Waals surface area contributed by atoms with Gasteiger partial charge in [-0.25, -0.2) is 4.79 Å². The lowest BCUT2D eigenvalue weighted by molar-refractivity contribution is -0.144. The van der Waals surface area contributed by atoms with E-state index in [2.05, 4.69) is 5.10 Å². The lowest BCUT2D eigenvalue weighted by Gasteiger charge is -2.10. The van der Waals surface area contributed by atoms with E-state index >= 15 is 0 Å². The lowest BCUT2D eigenvalue weighted by Crippen LogP contribution is -2.22. The van der Waals surface area contributed by atoms with Crippen LogP contribution in [0, 0.1) is 0 Å². The zero-order chi connectivity index (χ0) is 16.1. The molecule has 1 heterocycles. The summed E-state index contributed by atoms with van der Waals surface area (Å²) >= 11 is 0. The van der Waals surface area contributed by atoms with E-state index in [1.807, 2.05) is 0 Å². The molecular weight excluding hydrogens is 284 g/mol. The molecule has 22 heavy (non-hydrogen) atoms. The second kappa shape index (κ2) is 6.71.